The average Bonchev–Trinajstić information content (AvgIpc) is 2.74. The molecule has 0 saturated heterocycles. The number of aromatic nitrogens is 2. The molecule has 0 bridgehead atoms. The van der Waals surface area contributed by atoms with E-state index in [9.17, 15) is 8.42 Å². The standard InChI is InChI=1S/C12H14BrN3O2S/c1-3-16-8-12(9(2)14-16)19(17,18)15-11-6-4-10(13)5-7-11/h4-8,15H,3H2,1-2H3. The zero-order chi connectivity index (χ0) is 14.0. The first-order valence-corrected chi connectivity index (χ1v) is 8.02. The molecule has 1 heterocycles. The van der Waals surface area contributed by atoms with Crippen molar-refractivity contribution in [1.29, 1.82) is 0 Å². The van der Waals surface area contributed by atoms with E-state index in [-0.39, 0.29) is 4.90 Å². The summed E-state index contributed by atoms with van der Waals surface area (Å²) in [6, 6.07) is 6.95. The highest BCUT2D eigenvalue weighted by atomic mass is 79.9. The van der Waals surface area contributed by atoms with Gasteiger partial charge in [-0.25, -0.2) is 8.42 Å². The molecule has 1 aromatic carbocycles. The van der Waals surface area contributed by atoms with Crippen LogP contribution < -0.4 is 4.72 Å². The number of hydrogen-bond acceptors (Lipinski definition) is 3. The monoisotopic (exact) mass is 343 g/mol. The minimum atomic E-state index is -3.59. The van der Waals surface area contributed by atoms with E-state index in [1.54, 1.807) is 35.9 Å². The van der Waals surface area contributed by atoms with Crippen molar-refractivity contribution in [2.24, 2.45) is 0 Å². The topological polar surface area (TPSA) is 64.0 Å². The van der Waals surface area contributed by atoms with Crippen molar-refractivity contribution < 1.29 is 8.42 Å². The molecule has 5 nitrogen and oxygen atoms in total. The van der Waals surface area contributed by atoms with Crippen molar-refractivity contribution in [2.75, 3.05) is 4.72 Å². The lowest BCUT2D eigenvalue weighted by Crippen LogP contribution is -2.13. The van der Waals surface area contributed by atoms with Crippen LogP contribution in [0.4, 0.5) is 5.69 Å². The molecule has 0 fully saturated rings. The van der Waals surface area contributed by atoms with E-state index in [2.05, 4.69) is 25.8 Å². The summed E-state index contributed by atoms with van der Waals surface area (Å²) in [5.41, 5.74) is 1.01. The molecule has 0 aliphatic heterocycles. The zero-order valence-electron chi connectivity index (χ0n) is 10.6. The van der Waals surface area contributed by atoms with Crippen LogP contribution in [-0.4, -0.2) is 18.2 Å². The number of anilines is 1. The molecule has 0 aliphatic carbocycles. The Morgan fingerprint density at radius 2 is 1.95 bits per heavy atom. The van der Waals surface area contributed by atoms with Crippen LogP contribution in [0.25, 0.3) is 0 Å². The molecular weight excluding hydrogens is 330 g/mol. The van der Waals surface area contributed by atoms with Gasteiger partial charge in [-0.05, 0) is 38.1 Å². The van der Waals surface area contributed by atoms with Crippen molar-refractivity contribution in [3.63, 3.8) is 0 Å². The largest absolute Gasteiger partial charge is 0.280 e. The van der Waals surface area contributed by atoms with Gasteiger partial charge in [0.25, 0.3) is 10.0 Å². The fourth-order valence-corrected chi connectivity index (χ4v) is 3.16. The number of nitrogens with one attached hydrogen (secondary N) is 1. The van der Waals surface area contributed by atoms with Gasteiger partial charge in [0.2, 0.25) is 0 Å². The molecule has 1 N–H and O–H groups in total. The maximum atomic E-state index is 12.3. The molecule has 1 aromatic heterocycles. The molecule has 2 aromatic rings. The number of sulfonamides is 1. The SMILES string of the molecule is CCn1cc(S(=O)(=O)Nc2ccc(Br)cc2)c(C)n1. The lowest BCUT2D eigenvalue weighted by atomic mass is 10.3. The van der Waals surface area contributed by atoms with Gasteiger partial charge in [-0.1, -0.05) is 15.9 Å². The van der Waals surface area contributed by atoms with Crippen LogP contribution in [0, 0.1) is 6.92 Å². The first-order valence-electron chi connectivity index (χ1n) is 5.75. The molecule has 19 heavy (non-hydrogen) atoms. The summed E-state index contributed by atoms with van der Waals surface area (Å²) in [5, 5.41) is 4.14. The Bertz CT molecular complexity index is 678. The molecule has 0 unspecified atom stereocenters. The summed E-state index contributed by atoms with van der Waals surface area (Å²) in [7, 11) is -3.59. The molecule has 0 saturated carbocycles. The predicted molar refractivity (Wildman–Crippen MR) is 77.6 cm³/mol. The Labute approximate surface area is 120 Å². The number of nitrogens with zero attached hydrogens (tertiary/aromatic N) is 2. The number of benzene rings is 1. The number of aryl methyl sites for hydroxylation is 2. The van der Waals surface area contributed by atoms with E-state index in [4.69, 9.17) is 0 Å². The third-order valence-electron chi connectivity index (χ3n) is 2.61. The first kappa shape index (κ1) is 14.1. The van der Waals surface area contributed by atoms with E-state index in [0.717, 1.165) is 4.47 Å². The van der Waals surface area contributed by atoms with E-state index in [0.29, 0.717) is 17.9 Å². The molecule has 2 rings (SSSR count). The number of halogens is 1. The summed E-state index contributed by atoms with van der Waals surface area (Å²) in [4.78, 5) is 0.206. The number of hydrogen-bond donors (Lipinski definition) is 1. The van der Waals surface area contributed by atoms with Gasteiger partial charge in [-0.3, -0.25) is 9.40 Å². The minimum Gasteiger partial charge on any atom is -0.280 e. The van der Waals surface area contributed by atoms with E-state index < -0.39 is 10.0 Å². The summed E-state index contributed by atoms with van der Waals surface area (Å²) >= 11 is 3.30. The van der Waals surface area contributed by atoms with Gasteiger partial charge in [0.1, 0.15) is 4.90 Å². The van der Waals surface area contributed by atoms with Gasteiger partial charge in [0.15, 0.2) is 0 Å². The normalized spacial score (nSPS) is 11.5. The second-order valence-corrected chi connectivity index (χ2v) is 6.61. The second-order valence-electron chi connectivity index (χ2n) is 4.05. The minimum absolute atomic E-state index is 0.206. The third kappa shape index (κ3) is 3.16. The summed E-state index contributed by atoms with van der Waals surface area (Å²) < 4.78 is 29.6. The maximum absolute atomic E-state index is 12.3. The highest BCUT2D eigenvalue weighted by Crippen LogP contribution is 2.20. The Morgan fingerprint density at radius 3 is 2.47 bits per heavy atom. The van der Waals surface area contributed by atoms with Crippen LogP contribution in [0.5, 0.6) is 0 Å². The van der Waals surface area contributed by atoms with Crippen molar-refractivity contribution in [3.8, 4) is 0 Å². The Kier molecular flexibility index (Phi) is 3.96. The van der Waals surface area contributed by atoms with Crippen LogP contribution >= 0.6 is 15.9 Å². The summed E-state index contributed by atoms with van der Waals surface area (Å²) in [6.07, 6.45) is 1.54. The van der Waals surface area contributed by atoms with Crippen molar-refractivity contribution in [3.05, 3.63) is 40.6 Å². The van der Waals surface area contributed by atoms with Gasteiger partial charge in [0, 0.05) is 22.9 Å². The fraction of sp³-hybridized carbons (Fsp3) is 0.250. The van der Waals surface area contributed by atoms with Gasteiger partial charge in [0.05, 0.1) is 5.69 Å². The molecule has 7 heteroatoms. The lowest BCUT2D eigenvalue weighted by molar-refractivity contribution is 0.600. The summed E-state index contributed by atoms with van der Waals surface area (Å²) in [5.74, 6) is 0. The van der Waals surface area contributed by atoms with Gasteiger partial charge < -0.3 is 0 Å². The van der Waals surface area contributed by atoms with Crippen LogP contribution in [0.1, 0.15) is 12.6 Å². The van der Waals surface area contributed by atoms with E-state index in [1.807, 2.05) is 6.92 Å². The third-order valence-corrected chi connectivity index (χ3v) is 4.62. The number of rotatable bonds is 4. The second kappa shape index (κ2) is 5.34. The van der Waals surface area contributed by atoms with E-state index in [1.165, 1.54) is 6.20 Å². The molecule has 102 valence electrons. The molecular formula is C12H14BrN3O2S. The van der Waals surface area contributed by atoms with E-state index >= 15 is 0 Å². The molecule has 0 aliphatic rings. The predicted octanol–water partition coefficient (Wildman–Crippen LogP) is 2.77. The molecule has 0 spiro atoms. The van der Waals surface area contributed by atoms with Crippen molar-refractivity contribution in [2.45, 2.75) is 25.3 Å². The van der Waals surface area contributed by atoms with Crippen molar-refractivity contribution >= 4 is 31.6 Å². The molecule has 0 radical (unpaired) electrons. The fourth-order valence-electron chi connectivity index (χ4n) is 1.65. The molecule has 0 amide bonds. The maximum Gasteiger partial charge on any atom is 0.265 e. The lowest BCUT2D eigenvalue weighted by Gasteiger charge is -2.06. The highest BCUT2D eigenvalue weighted by molar-refractivity contribution is 9.10. The van der Waals surface area contributed by atoms with Crippen molar-refractivity contribution in [1.82, 2.24) is 9.78 Å². The van der Waals surface area contributed by atoms with Crippen LogP contribution in [0.2, 0.25) is 0 Å². The molecule has 0 atom stereocenters. The Morgan fingerprint density at radius 1 is 1.32 bits per heavy atom. The van der Waals surface area contributed by atoms with Gasteiger partial charge in [-0.2, -0.15) is 5.10 Å². The van der Waals surface area contributed by atoms with Gasteiger partial charge in [-0.15, -0.1) is 0 Å². The first-order chi connectivity index (χ1) is 8.92. The smallest absolute Gasteiger partial charge is 0.265 e. The average molecular weight is 344 g/mol. The van der Waals surface area contributed by atoms with Gasteiger partial charge >= 0.3 is 0 Å². The quantitative estimate of drug-likeness (QED) is 0.928. The van der Waals surface area contributed by atoms with Crippen LogP contribution in [0.15, 0.2) is 39.8 Å². The summed E-state index contributed by atoms with van der Waals surface area (Å²) in [6.45, 7) is 4.22. The van der Waals surface area contributed by atoms with Crippen LogP contribution in [-0.2, 0) is 16.6 Å². The zero-order valence-corrected chi connectivity index (χ0v) is 13.0. The Balaban J connectivity index is 2.31. The highest BCUT2D eigenvalue weighted by Gasteiger charge is 2.20. The van der Waals surface area contributed by atoms with Crippen LogP contribution in [0.3, 0.4) is 0 Å². The Hall–Kier alpha value is -1.34.